The summed E-state index contributed by atoms with van der Waals surface area (Å²) >= 11 is 0. The van der Waals surface area contributed by atoms with Crippen molar-refractivity contribution in [1.82, 2.24) is 20.5 Å². The molecule has 160 valence electrons. The number of sulfone groups is 1. The van der Waals surface area contributed by atoms with Crippen LogP contribution >= 0.6 is 0 Å². The SMILES string of the molecule is CC1(C)[C@H](C(=O)O)N2C(=O)C(=Cc3cc(C(=O)NC4CCNC4)ccn3)[C@H]2S1(=O)=O. The topological polar surface area (TPSA) is 146 Å². The maximum Gasteiger partial charge on any atom is 0.328 e. The van der Waals surface area contributed by atoms with Gasteiger partial charge in [-0.1, -0.05) is 0 Å². The molecule has 0 saturated carbocycles. The van der Waals surface area contributed by atoms with Crippen molar-refractivity contribution >= 4 is 33.7 Å². The molecule has 3 fully saturated rings. The molecule has 3 saturated heterocycles. The molecule has 4 heterocycles. The van der Waals surface area contributed by atoms with Crippen molar-refractivity contribution in [1.29, 1.82) is 0 Å². The number of hydrogen-bond acceptors (Lipinski definition) is 7. The molecule has 3 aliphatic heterocycles. The second-order valence-corrected chi connectivity index (χ2v) is 10.8. The number of β-lactam (4-membered cyclic amide) rings is 1. The van der Waals surface area contributed by atoms with E-state index in [0.717, 1.165) is 17.9 Å². The van der Waals surface area contributed by atoms with Crippen LogP contribution in [0.25, 0.3) is 6.08 Å². The summed E-state index contributed by atoms with van der Waals surface area (Å²) in [6.07, 6.45) is 3.55. The zero-order valence-electron chi connectivity index (χ0n) is 16.5. The molecule has 11 heteroatoms. The van der Waals surface area contributed by atoms with Crippen molar-refractivity contribution in [2.45, 2.75) is 42.5 Å². The van der Waals surface area contributed by atoms with Gasteiger partial charge in [0, 0.05) is 24.3 Å². The largest absolute Gasteiger partial charge is 0.480 e. The number of nitrogens with zero attached hydrogens (tertiary/aromatic N) is 2. The lowest BCUT2D eigenvalue weighted by atomic mass is 9.95. The number of carboxylic acids is 1. The van der Waals surface area contributed by atoms with Crippen molar-refractivity contribution in [3.05, 3.63) is 35.2 Å². The predicted octanol–water partition coefficient (Wildman–Crippen LogP) is -0.615. The van der Waals surface area contributed by atoms with Gasteiger partial charge in [-0.05, 0) is 45.0 Å². The maximum absolute atomic E-state index is 12.9. The Kier molecular flexibility index (Phi) is 4.70. The number of fused-ring (bicyclic) bond motifs is 1. The Labute approximate surface area is 173 Å². The first-order valence-corrected chi connectivity index (χ1v) is 11.1. The first kappa shape index (κ1) is 20.5. The van der Waals surface area contributed by atoms with Gasteiger partial charge in [0.25, 0.3) is 11.8 Å². The van der Waals surface area contributed by atoms with Crippen molar-refractivity contribution in [2.24, 2.45) is 0 Å². The lowest BCUT2D eigenvalue weighted by Gasteiger charge is -2.37. The smallest absolute Gasteiger partial charge is 0.328 e. The Morgan fingerprint density at radius 1 is 1.40 bits per heavy atom. The van der Waals surface area contributed by atoms with Crippen LogP contribution in [0.2, 0.25) is 0 Å². The molecule has 10 nitrogen and oxygen atoms in total. The number of carbonyl (C=O) groups is 3. The summed E-state index contributed by atoms with van der Waals surface area (Å²) in [6.45, 7) is 4.15. The van der Waals surface area contributed by atoms with Crippen LogP contribution in [-0.2, 0) is 19.4 Å². The summed E-state index contributed by atoms with van der Waals surface area (Å²) in [4.78, 5) is 41.7. The van der Waals surface area contributed by atoms with E-state index < -0.39 is 37.9 Å². The zero-order chi connectivity index (χ0) is 21.8. The molecule has 30 heavy (non-hydrogen) atoms. The fourth-order valence-electron chi connectivity index (χ4n) is 4.22. The first-order valence-electron chi connectivity index (χ1n) is 9.54. The van der Waals surface area contributed by atoms with Gasteiger partial charge >= 0.3 is 5.97 Å². The van der Waals surface area contributed by atoms with E-state index in [0.29, 0.717) is 12.1 Å². The zero-order valence-corrected chi connectivity index (χ0v) is 17.3. The fraction of sp³-hybridized carbons (Fsp3) is 0.474. The van der Waals surface area contributed by atoms with Crippen LogP contribution in [0.15, 0.2) is 23.9 Å². The van der Waals surface area contributed by atoms with Crippen LogP contribution in [0.4, 0.5) is 0 Å². The number of nitrogens with one attached hydrogen (secondary N) is 2. The van der Waals surface area contributed by atoms with Crippen LogP contribution in [-0.4, -0.2) is 76.5 Å². The lowest BCUT2D eigenvalue weighted by molar-refractivity contribution is -0.152. The first-order chi connectivity index (χ1) is 14.1. The van der Waals surface area contributed by atoms with Crippen LogP contribution in [0.3, 0.4) is 0 Å². The summed E-state index contributed by atoms with van der Waals surface area (Å²) in [7, 11) is -3.96. The molecule has 3 N–H and O–H groups in total. The summed E-state index contributed by atoms with van der Waals surface area (Å²) in [6, 6.07) is 1.59. The second kappa shape index (κ2) is 6.88. The molecule has 2 amide bonds. The number of carbonyl (C=O) groups excluding carboxylic acids is 2. The van der Waals surface area contributed by atoms with Crippen LogP contribution in [0, 0.1) is 0 Å². The summed E-state index contributed by atoms with van der Waals surface area (Å²) in [5.74, 6) is -2.31. The van der Waals surface area contributed by atoms with Crippen molar-refractivity contribution in [3.8, 4) is 0 Å². The molecule has 1 unspecified atom stereocenters. The number of pyridine rings is 1. The Hall–Kier alpha value is -2.79. The number of aromatic nitrogens is 1. The minimum atomic E-state index is -3.96. The highest BCUT2D eigenvalue weighted by Gasteiger charge is 2.70. The van der Waals surface area contributed by atoms with E-state index in [2.05, 4.69) is 15.6 Å². The van der Waals surface area contributed by atoms with Crippen molar-refractivity contribution in [3.63, 3.8) is 0 Å². The lowest BCUT2D eigenvalue weighted by Crippen LogP contribution is -2.58. The minimum Gasteiger partial charge on any atom is -0.480 e. The van der Waals surface area contributed by atoms with E-state index in [-0.39, 0.29) is 23.2 Å². The predicted molar refractivity (Wildman–Crippen MR) is 106 cm³/mol. The van der Waals surface area contributed by atoms with Gasteiger partial charge in [0.05, 0.1) is 11.3 Å². The van der Waals surface area contributed by atoms with Gasteiger partial charge in [-0.25, -0.2) is 13.2 Å². The average Bonchev–Trinajstić information content (AvgIpc) is 3.23. The molecule has 1 aromatic rings. The number of rotatable bonds is 4. The van der Waals surface area contributed by atoms with E-state index in [1.165, 1.54) is 38.3 Å². The van der Waals surface area contributed by atoms with E-state index in [1.807, 2.05) is 0 Å². The highest BCUT2D eigenvalue weighted by Crippen LogP contribution is 2.48. The molecule has 0 aromatic carbocycles. The van der Waals surface area contributed by atoms with Gasteiger partial charge in [-0.15, -0.1) is 0 Å². The average molecular weight is 434 g/mol. The molecule has 1 aromatic heterocycles. The third-order valence-corrected chi connectivity index (χ3v) is 8.70. The standard InChI is InChI=1S/C19H22N4O6S/c1-19(2)14(18(26)27)23-16(25)13(17(23)30(19,28)29)8-12-7-10(3-6-21-12)15(24)22-11-4-5-20-9-11/h3,6-8,11,14,17,20H,4-5,9H2,1-2H3,(H,22,24)(H,26,27)/t11?,14-,17+/m0/s1. The van der Waals surface area contributed by atoms with Gasteiger partial charge in [0.1, 0.15) is 4.75 Å². The number of amides is 2. The van der Waals surface area contributed by atoms with Gasteiger partial charge in [0.15, 0.2) is 21.3 Å². The van der Waals surface area contributed by atoms with Gasteiger partial charge < -0.3 is 20.6 Å². The Balaban J connectivity index is 1.63. The molecule has 0 bridgehead atoms. The van der Waals surface area contributed by atoms with E-state index in [1.54, 1.807) is 0 Å². The molecule has 3 atom stereocenters. The van der Waals surface area contributed by atoms with E-state index in [4.69, 9.17) is 0 Å². The molecule has 3 aliphatic rings. The highest BCUT2D eigenvalue weighted by atomic mass is 32.2. The number of hydrogen-bond donors (Lipinski definition) is 3. The van der Waals surface area contributed by atoms with Gasteiger partial charge in [-0.2, -0.15) is 0 Å². The molecule has 4 rings (SSSR count). The van der Waals surface area contributed by atoms with Gasteiger partial charge in [0.2, 0.25) is 0 Å². The third-order valence-electron chi connectivity index (χ3n) is 5.94. The molecule has 0 aliphatic carbocycles. The van der Waals surface area contributed by atoms with E-state index >= 15 is 0 Å². The number of aliphatic carboxylic acids is 1. The van der Waals surface area contributed by atoms with Crippen LogP contribution < -0.4 is 10.6 Å². The normalized spacial score (nSPS) is 30.1. The van der Waals surface area contributed by atoms with Gasteiger partial charge in [-0.3, -0.25) is 14.6 Å². The van der Waals surface area contributed by atoms with Crippen molar-refractivity contribution in [2.75, 3.05) is 13.1 Å². The summed E-state index contributed by atoms with van der Waals surface area (Å²) in [5.41, 5.74) is 0.546. The fourth-order valence-corrected chi connectivity index (χ4v) is 6.34. The van der Waals surface area contributed by atoms with Crippen LogP contribution in [0.1, 0.15) is 36.3 Å². The summed E-state index contributed by atoms with van der Waals surface area (Å²) < 4.78 is 24.2. The Bertz CT molecular complexity index is 1070. The quantitative estimate of drug-likeness (QED) is 0.420. The second-order valence-electron chi connectivity index (χ2n) is 8.19. The Morgan fingerprint density at radius 2 is 2.13 bits per heavy atom. The molecular weight excluding hydrogens is 412 g/mol. The molecule has 0 radical (unpaired) electrons. The highest BCUT2D eigenvalue weighted by molar-refractivity contribution is 7.94. The Morgan fingerprint density at radius 3 is 2.77 bits per heavy atom. The molecule has 0 spiro atoms. The van der Waals surface area contributed by atoms with Crippen LogP contribution in [0.5, 0.6) is 0 Å². The maximum atomic E-state index is 12.9. The monoisotopic (exact) mass is 434 g/mol. The number of carboxylic acid groups (broad SMARTS) is 1. The third kappa shape index (κ3) is 2.91. The summed E-state index contributed by atoms with van der Waals surface area (Å²) in [5, 5.41) is 14.2. The molecular formula is C19H22N4O6S. The van der Waals surface area contributed by atoms with E-state index in [9.17, 15) is 27.9 Å². The minimum absolute atomic E-state index is 0.0352. The van der Waals surface area contributed by atoms with Crippen molar-refractivity contribution < 1.29 is 27.9 Å².